The van der Waals surface area contributed by atoms with Crippen LogP contribution in [0, 0.1) is 0 Å². The predicted molar refractivity (Wildman–Crippen MR) is 62.7 cm³/mol. The van der Waals surface area contributed by atoms with Crippen LogP contribution in [0.25, 0.3) is 0 Å². The molecular formula is C12H22N2O. The van der Waals surface area contributed by atoms with Crippen molar-refractivity contribution in [1.82, 2.24) is 10.2 Å². The fraction of sp³-hybridized carbons (Fsp3) is 0.750. The molecule has 0 bridgehead atoms. The highest BCUT2D eigenvalue weighted by Gasteiger charge is 2.22. The Kier molecular flexibility index (Phi) is 5.40. The fourth-order valence-corrected chi connectivity index (χ4v) is 2.16. The molecule has 1 amide bonds. The quantitative estimate of drug-likeness (QED) is 0.698. The van der Waals surface area contributed by atoms with Gasteiger partial charge in [-0.05, 0) is 25.8 Å². The van der Waals surface area contributed by atoms with Crippen LogP contribution in [0.1, 0.15) is 32.6 Å². The normalized spacial score (nSPS) is 22.3. The molecule has 1 saturated heterocycles. The van der Waals surface area contributed by atoms with E-state index in [2.05, 4.69) is 23.7 Å². The van der Waals surface area contributed by atoms with Gasteiger partial charge in [-0.3, -0.25) is 9.69 Å². The number of likely N-dealkylation sites (tertiary alicyclic amines) is 1. The molecule has 3 heteroatoms. The van der Waals surface area contributed by atoms with Gasteiger partial charge in [-0.25, -0.2) is 0 Å². The Hall–Kier alpha value is -0.830. The smallest absolute Gasteiger partial charge is 0.234 e. The van der Waals surface area contributed by atoms with Crippen molar-refractivity contribution in [3.63, 3.8) is 0 Å². The number of piperidine rings is 1. The first-order valence-corrected chi connectivity index (χ1v) is 5.89. The topological polar surface area (TPSA) is 32.3 Å². The highest BCUT2D eigenvalue weighted by atomic mass is 16.2. The van der Waals surface area contributed by atoms with Crippen LogP contribution in [-0.2, 0) is 4.79 Å². The molecule has 1 aliphatic heterocycles. The second-order valence-corrected chi connectivity index (χ2v) is 4.12. The summed E-state index contributed by atoms with van der Waals surface area (Å²) in [5.41, 5.74) is 0. The van der Waals surface area contributed by atoms with Gasteiger partial charge in [0.05, 0.1) is 6.54 Å². The monoisotopic (exact) mass is 210 g/mol. The lowest BCUT2D eigenvalue weighted by Gasteiger charge is -2.34. The molecule has 1 atom stereocenters. The molecule has 0 radical (unpaired) electrons. The van der Waals surface area contributed by atoms with Crippen LogP contribution in [0.3, 0.4) is 0 Å². The summed E-state index contributed by atoms with van der Waals surface area (Å²) >= 11 is 0. The van der Waals surface area contributed by atoms with Gasteiger partial charge in [0, 0.05) is 12.6 Å². The number of nitrogens with one attached hydrogen (secondary N) is 1. The molecule has 1 fully saturated rings. The number of hydrogen-bond acceptors (Lipinski definition) is 2. The Morgan fingerprint density at radius 1 is 1.60 bits per heavy atom. The fourth-order valence-electron chi connectivity index (χ4n) is 2.16. The van der Waals surface area contributed by atoms with Crippen LogP contribution in [0.2, 0.25) is 0 Å². The van der Waals surface area contributed by atoms with Gasteiger partial charge in [0.15, 0.2) is 0 Å². The molecule has 1 heterocycles. The van der Waals surface area contributed by atoms with E-state index in [0.29, 0.717) is 19.1 Å². The summed E-state index contributed by atoms with van der Waals surface area (Å²) in [5, 5.41) is 2.83. The molecule has 0 unspecified atom stereocenters. The maximum Gasteiger partial charge on any atom is 0.234 e. The second-order valence-electron chi connectivity index (χ2n) is 4.12. The highest BCUT2D eigenvalue weighted by Crippen LogP contribution is 2.18. The summed E-state index contributed by atoms with van der Waals surface area (Å²) in [6, 6.07) is 0.605. The molecule has 0 spiro atoms. The standard InChI is InChI=1S/C12H22N2O/c1-3-8-13-12(15)10-14-9-6-5-7-11(14)4-2/h3,11H,1,4-10H2,2H3,(H,13,15)/t11-/m1/s1. The first kappa shape index (κ1) is 12.2. The Balaban J connectivity index is 2.33. The summed E-state index contributed by atoms with van der Waals surface area (Å²) in [7, 11) is 0. The molecule has 0 aromatic heterocycles. The van der Waals surface area contributed by atoms with Crippen molar-refractivity contribution in [1.29, 1.82) is 0 Å². The van der Waals surface area contributed by atoms with Crippen molar-refractivity contribution in [3.8, 4) is 0 Å². The van der Waals surface area contributed by atoms with Gasteiger partial charge in [-0.2, -0.15) is 0 Å². The van der Waals surface area contributed by atoms with Gasteiger partial charge >= 0.3 is 0 Å². The third kappa shape index (κ3) is 4.04. The molecule has 0 aromatic carbocycles. The first-order chi connectivity index (χ1) is 7.27. The van der Waals surface area contributed by atoms with Crippen molar-refractivity contribution in [3.05, 3.63) is 12.7 Å². The number of rotatable bonds is 5. The molecule has 0 saturated carbocycles. The summed E-state index contributed by atoms with van der Waals surface area (Å²) in [5.74, 6) is 0.121. The first-order valence-electron chi connectivity index (χ1n) is 5.89. The van der Waals surface area contributed by atoms with E-state index in [0.717, 1.165) is 13.0 Å². The number of carbonyl (C=O) groups is 1. The third-order valence-electron chi connectivity index (χ3n) is 3.01. The molecule has 3 nitrogen and oxygen atoms in total. The largest absolute Gasteiger partial charge is 0.352 e. The van der Waals surface area contributed by atoms with Crippen molar-refractivity contribution < 1.29 is 4.79 Å². The zero-order valence-electron chi connectivity index (χ0n) is 9.67. The third-order valence-corrected chi connectivity index (χ3v) is 3.01. The Morgan fingerprint density at radius 3 is 3.07 bits per heavy atom. The molecule has 86 valence electrons. The Labute approximate surface area is 92.5 Å². The van der Waals surface area contributed by atoms with E-state index in [-0.39, 0.29) is 5.91 Å². The van der Waals surface area contributed by atoms with Crippen molar-refractivity contribution in [2.45, 2.75) is 38.6 Å². The van der Waals surface area contributed by atoms with Crippen LogP contribution in [-0.4, -0.2) is 36.5 Å². The average molecular weight is 210 g/mol. The number of hydrogen-bond donors (Lipinski definition) is 1. The zero-order chi connectivity index (χ0) is 11.1. The van der Waals surface area contributed by atoms with E-state index in [1.165, 1.54) is 19.3 Å². The Bertz CT molecular complexity index is 216. The Morgan fingerprint density at radius 2 is 2.40 bits per heavy atom. The molecule has 0 aliphatic carbocycles. The minimum absolute atomic E-state index is 0.121. The van der Waals surface area contributed by atoms with Crippen molar-refractivity contribution in [2.75, 3.05) is 19.6 Å². The maximum absolute atomic E-state index is 11.5. The molecule has 0 aromatic rings. The lowest BCUT2D eigenvalue weighted by molar-refractivity contribution is -0.122. The van der Waals surface area contributed by atoms with Crippen LogP contribution in [0.5, 0.6) is 0 Å². The second kappa shape index (κ2) is 6.62. The lowest BCUT2D eigenvalue weighted by Crippen LogP contribution is -2.45. The van der Waals surface area contributed by atoms with Crippen molar-refractivity contribution >= 4 is 5.91 Å². The summed E-state index contributed by atoms with van der Waals surface area (Å²) in [6.45, 7) is 7.97. The maximum atomic E-state index is 11.5. The van der Waals surface area contributed by atoms with Crippen LogP contribution >= 0.6 is 0 Å². The van der Waals surface area contributed by atoms with E-state index in [4.69, 9.17) is 0 Å². The molecule has 1 N–H and O–H groups in total. The van der Waals surface area contributed by atoms with Crippen LogP contribution in [0.4, 0.5) is 0 Å². The van der Waals surface area contributed by atoms with Gasteiger partial charge in [-0.15, -0.1) is 6.58 Å². The van der Waals surface area contributed by atoms with Gasteiger partial charge in [0.25, 0.3) is 0 Å². The summed E-state index contributed by atoms with van der Waals surface area (Å²) < 4.78 is 0. The predicted octanol–water partition coefficient (Wildman–Crippen LogP) is 1.55. The lowest BCUT2D eigenvalue weighted by atomic mass is 10.0. The number of amides is 1. The highest BCUT2D eigenvalue weighted by molar-refractivity contribution is 5.78. The van der Waals surface area contributed by atoms with E-state index >= 15 is 0 Å². The van der Waals surface area contributed by atoms with E-state index in [1.807, 2.05) is 0 Å². The number of nitrogens with zero attached hydrogens (tertiary/aromatic N) is 1. The summed E-state index contributed by atoms with van der Waals surface area (Å²) in [6.07, 6.45) is 6.64. The molecule has 15 heavy (non-hydrogen) atoms. The average Bonchev–Trinajstić information content (AvgIpc) is 2.27. The van der Waals surface area contributed by atoms with E-state index in [9.17, 15) is 4.79 Å². The molecule has 1 rings (SSSR count). The minimum Gasteiger partial charge on any atom is -0.352 e. The molecular weight excluding hydrogens is 188 g/mol. The van der Waals surface area contributed by atoms with Gasteiger partial charge in [0.1, 0.15) is 0 Å². The minimum atomic E-state index is 0.121. The van der Waals surface area contributed by atoms with E-state index < -0.39 is 0 Å². The van der Waals surface area contributed by atoms with Gasteiger partial charge in [0.2, 0.25) is 5.91 Å². The number of carbonyl (C=O) groups excluding carboxylic acids is 1. The zero-order valence-corrected chi connectivity index (χ0v) is 9.67. The van der Waals surface area contributed by atoms with Crippen LogP contribution < -0.4 is 5.32 Å². The van der Waals surface area contributed by atoms with Crippen molar-refractivity contribution in [2.24, 2.45) is 0 Å². The SMILES string of the molecule is C=CCNC(=O)CN1CCCC[C@H]1CC. The molecule has 1 aliphatic rings. The van der Waals surface area contributed by atoms with E-state index in [1.54, 1.807) is 6.08 Å². The van der Waals surface area contributed by atoms with Gasteiger partial charge in [-0.1, -0.05) is 19.4 Å². The summed E-state index contributed by atoms with van der Waals surface area (Å²) in [4.78, 5) is 13.8. The van der Waals surface area contributed by atoms with Gasteiger partial charge < -0.3 is 5.32 Å². The van der Waals surface area contributed by atoms with Crippen LogP contribution in [0.15, 0.2) is 12.7 Å².